The zero-order valence-electron chi connectivity index (χ0n) is 13.1. The van der Waals surface area contributed by atoms with Gasteiger partial charge in [0, 0.05) is 12.7 Å². The van der Waals surface area contributed by atoms with Gasteiger partial charge in [-0.25, -0.2) is 4.98 Å². The Morgan fingerprint density at radius 2 is 1.69 bits per heavy atom. The monoisotopic (exact) mass is 408 g/mol. The van der Waals surface area contributed by atoms with Crippen molar-refractivity contribution in [3.8, 4) is 11.6 Å². The van der Waals surface area contributed by atoms with Gasteiger partial charge in [-0.3, -0.25) is 4.90 Å². The predicted molar refractivity (Wildman–Crippen MR) is 75.7 cm³/mol. The third kappa shape index (κ3) is 5.62. The summed E-state index contributed by atoms with van der Waals surface area (Å²) in [6, 6.07) is 0.760. The lowest BCUT2D eigenvalue weighted by atomic mass is 10.1. The zero-order valence-corrected chi connectivity index (χ0v) is 13.9. The summed E-state index contributed by atoms with van der Waals surface area (Å²) in [5.41, 5.74) is -5.61. The molecule has 2 heterocycles. The zero-order chi connectivity index (χ0) is 19.6. The summed E-state index contributed by atoms with van der Waals surface area (Å²) < 4.78 is 104. The largest absolute Gasteiger partial charge is 0.573 e. The Morgan fingerprint density at radius 1 is 1.08 bits per heavy atom. The molecule has 6 nitrogen and oxygen atoms in total. The molecule has 0 spiro atoms. The van der Waals surface area contributed by atoms with Gasteiger partial charge in [0.2, 0.25) is 0 Å². The number of hydrogen-bond donors (Lipinski definition) is 0. The third-order valence-electron chi connectivity index (χ3n) is 3.43. The number of rotatable bonds is 5. The first-order chi connectivity index (χ1) is 11.9. The van der Waals surface area contributed by atoms with Crippen molar-refractivity contribution in [1.29, 1.82) is 0 Å². The second kappa shape index (κ2) is 7.47. The molecule has 0 unspecified atom stereocenters. The average Bonchev–Trinajstić information content (AvgIpc) is 2.48. The number of pyridine rings is 1. The molecule has 0 aromatic carbocycles. The van der Waals surface area contributed by atoms with Gasteiger partial charge in [-0.05, 0) is 37.6 Å². The van der Waals surface area contributed by atoms with Gasteiger partial charge >= 0.3 is 22.0 Å². The molecule has 1 saturated heterocycles. The Hall–Kier alpha value is -1.76. The van der Waals surface area contributed by atoms with E-state index in [4.69, 9.17) is 0 Å². The fourth-order valence-electron chi connectivity index (χ4n) is 2.35. The van der Waals surface area contributed by atoms with Crippen molar-refractivity contribution < 1.29 is 43.7 Å². The summed E-state index contributed by atoms with van der Waals surface area (Å²) in [6.45, 7) is 1.60. The minimum atomic E-state index is -6.19. The summed E-state index contributed by atoms with van der Waals surface area (Å²) >= 11 is 0. The quantitative estimate of drug-likeness (QED) is 0.424. The molecule has 1 aliphatic heterocycles. The number of hydrogen-bond acceptors (Lipinski definition) is 6. The van der Waals surface area contributed by atoms with E-state index in [1.54, 1.807) is 0 Å². The van der Waals surface area contributed by atoms with Crippen LogP contribution < -0.4 is 8.92 Å². The van der Waals surface area contributed by atoms with E-state index in [1.807, 2.05) is 4.90 Å². The minimum Gasteiger partial charge on any atom is -0.400 e. The molecule has 0 bridgehead atoms. The van der Waals surface area contributed by atoms with Crippen LogP contribution in [0.3, 0.4) is 0 Å². The first-order valence-corrected chi connectivity index (χ1v) is 8.76. The van der Waals surface area contributed by atoms with Crippen molar-refractivity contribution in [2.75, 3.05) is 13.1 Å². The van der Waals surface area contributed by atoms with Crippen molar-refractivity contribution >= 4 is 10.1 Å². The molecular weight excluding hydrogens is 394 g/mol. The van der Waals surface area contributed by atoms with E-state index in [9.17, 15) is 34.8 Å². The van der Waals surface area contributed by atoms with Crippen LogP contribution in [0, 0.1) is 0 Å². The molecule has 0 saturated carbocycles. The Kier molecular flexibility index (Phi) is 5.90. The second-order valence-corrected chi connectivity index (χ2v) is 7.05. The van der Waals surface area contributed by atoms with Crippen LogP contribution in [-0.2, 0) is 16.7 Å². The van der Waals surface area contributed by atoms with Gasteiger partial charge in [0.15, 0.2) is 5.75 Å². The van der Waals surface area contributed by atoms with Crippen LogP contribution in [-0.4, -0.2) is 43.3 Å². The number of halogens is 6. The van der Waals surface area contributed by atoms with Gasteiger partial charge in [0.25, 0.3) is 5.88 Å². The highest BCUT2D eigenvalue weighted by atomic mass is 32.2. The van der Waals surface area contributed by atoms with Crippen molar-refractivity contribution in [3.63, 3.8) is 0 Å². The maximum Gasteiger partial charge on any atom is 0.573 e. The minimum absolute atomic E-state index is 0.188. The topological polar surface area (TPSA) is 68.7 Å². The predicted octanol–water partition coefficient (Wildman–Crippen LogP) is 3.19. The van der Waals surface area contributed by atoms with Gasteiger partial charge in [-0.2, -0.15) is 21.6 Å². The lowest BCUT2D eigenvalue weighted by Gasteiger charge is -2.26. The van der Waals surface area contributed by atoms with Crippen LogP contribution in [0.2, 0.25) is 0 Å². The Morgan fingerprint density at radius 3 is 2.23 bits per heavy atom. The summed E-state index contributed by atoms with van der Waals surface area (Å²) in [7, 11) is -6.19. The van der Waals surface area contributed by atoms with E-state index in [2.05, 4.69) is 13.9 Å². The van der Waals surface area contributed by atoms with E-state index < -0.39 is 33.6 Å². The first-order valence-electron chi connectivity index (χ1n) is 7.35. The highest BCUT2D eigenvalue weighted by Gasteiger charge is 2.49. The van der Waals surface area contributed by atoms with Crippen LogP contribution in [0.15, 0.2) is 12.3 Å². The van der Waals surface area contributed by atoms with Crippen LogP contribution in [0.4, 0.5) is 26.3 Å². The fourth-order valence-corrected chi connectivity index (χ4v) is 2.77. The number of likely N-dealkylation sites (tertiary alicyclic amines) is 1. The standard InChI is InChI=1S/C13H14F6N2O4S/c14-12(15,16)24-10-6-9(8-21-4-2-1-3-5-21)7-20-11(10)25-26(22,23)13(17,18)19/h6-7H,1-5,8H2. The fraction of sp³-hybridized carbons (Fsp3) is 0.615. The molecule has 0 atom stereocenters. The first kappa shape index (κ1) is 20.6. The number of piperidine rings is 1. The van der Waals surface area contributed by atoms with E-state index in [0.29, 0.717) is 13.1 Å². The van der Waals surface area contributed by atoms with Gasteiger partial charge in [0.1, 0.15) is 0 Å². The summed E-state index contributed by atoms with van der Waals surface area (Å²) in [5.74, 6) is -2.71. The summed E-state index contributed by atoms with van der Waals surface area (Å²) in [5, 5.41) is 0. The molecule has 148 valence electrons. The molecule has 0 N–H and O–H groups in total. The highest BCUT2D eigenvalue weighted by molar-refractivity contribution is 7.87. The molecule has 1 fully saturated rings. The molecular formula is C13H14F6N2O4S. The number of aromatic nitrogens is 1. The molecule has 26 heavy (non-hydrogen) atoms. The Balaban J connectivity index is 2.29. The molecule has 1 aromatic rings. The molecule has 0 radical (unpaired) electrons. The van der Waals surface area contributed by atoms with Crippen LogP contribution in [0.25, 0.3) is 0 Å². The average molecular weight is 408 g/mol. The van der Waals surface area contributed by atoms with E-state index in [0.717, 1.165) is 31.5 Å². The van der Waals surface area contributed by atoms with Gasteiger partial charge < -0.3 is 8.92 Å². The molecule has 1 aliphatic rings. The van der Waals surface area contributed by atoms with Gasteiger partial charge in [0.05, 0.1) is 0 Å². The normalized spacial score (nSPS) is 17.2. The Bertz CT molecular complexity index is 729. The van der Waals surface area contributed by atoms with E-state index >= 15 is 0 Å². The molecule has 1 aromatic heterocycles. The van der Waals surface area contributed by atoms with Crippen molar-refractivity contribution in [3.05, 3.63) is 17.8 Å². The maximum atomic E-state index is 12.5. The number of ether oxygens (including phenoxy) is 1. The van der Waals surface area contributed by atoms with Gasteiger partial charge in [-0.15, -0.1) is 13.2 Å². The smallest absolute Gasteiger partial charge is 0.400 e. The van der Waals surface area contributed by atoms with Crippen molar-refractivity contribution in [1.82, 2.24) is 9.88 Å². The molecule has 2 rings (SSSR count). The second-order valence-electron chi connectivity index (χ2n) is 5.51. The van der Waals surface area contributed by atoms with Crippen LogP contribution >= 0.6 is 0 Å². The lowest BCUT2D eigenvalue weighted by Crippen LogP contribution is -2.30. The Labute approximate surface area is 144 Å². The van der Waals surface area contributed by atoms with Crippen LogP contribution in [0.5, 0.6) is 11.6 Å². The van der Waals surface area contributed by atoms with E-state index in [1.165, 1.54) is 0 Å². The van der Waals surface area contributed by atoms with E-state index in [-0.39, 0.29) is 12.1 Å². The molecule has 13 heteroatoms. The maximum absolute atomic E-state index is 12.5. The van der Waals surface area contributed by atoms with Crippen molar-refractivity contribution in [2.45, 2.75) is 37.7 Å². The number of nitrogens with zero attached hydrogens (tertiary/aromatic N) is 2. The van der Waals surface area contributed by atoms with Gasteiger partial charge in [-0.1, -0.05) is 6.42 Å². The SMILES string of the molecule is O=S(=O)(Oc1ncc(CN2CCCCC2)cc1OC(F)(F)F)C(F)(F)F. The summed E-state index contributed by atoms with van der Waals surface area (Å²) in [6.07, 6.45) is -1.49. The molecule has 0 amide bonds. The lowest BCUT2D eigenvalue weighted by molar-refractivity contribution is -0.275. The highest BCUT2D eigenvalue weighted by Crippen LogP contribution is 2.35. The number of alkyl halides is 6. The third-order valence-corrected chi connectivity index (χ3v) is 4.37. The molecule has 0 aliphatic carbocycles. The summed E-state index contributed by atoms with van der Waals surface area (Å²) in [4.78, 5) is 5.20. The van der Waals surface area contributed by atoms with Crippen LogP contribution in [0.1, 0.15) is 24.8 Å². The van der Waals surface area contributed by atoms with Crippen molar-refractivity contribution in [2.24, 2.45) is 0 Å².